The predicted molar refractivity (Wildman–Crippen MR) is 88.6 cm³/mol. The lowest BCUT2D eigenvalue weighted by molar-refractivity contribution is 0.369. The van der Waals surface area contributed by atoms with Crippen LogP contribution in [0, 0.1) is 11.2 Å². The summed E-state index contributed by atoms with van der Waals surface area (Å²) in [6.45, 7) is 7.61. The Morgan fingerprint density at radius 3 is 2.41 bits per heavy atom. The van der Waals surface area contributed by atoms with Crippen LogP contribution in [0.25, 0.3) is 0 Å². The molecule has 1 heterocycles. The molecule has 0 unspecified atom stereocenters. The lowest BCUT2D eigenvalue weighted by Crippen LogP contribution is -2.43. The maximum atomic E-state index is 13.1. The molecule has 120 valence electrons. The van der Waals surface area contributed by atoms with Gasteiger partial charge in [0.1, 0.15) is 5.82 Å². The third kappa shape index (κ3) is 3.11. The normalized spacial score (nSPS) is 22.7. The van der Waals surface area contributed by atoms with Crippen LogP contribution in [-0.4, -0.2) is 37.5 Å². The fraction of sp³-hybridized carbons (Fsp3) is 0.611. The average Bonchev–Trinajstić information content (AvgIpc) is 3.18. The van der Waals surface area contributed by atoms with E-state index in [1.807, 2.05) is 19.2 Å². The van der Waals surface area contributed by atoms with Gasteiger partial charge in [-0.25, -0.2) is 4.39 Å². The molecule has 1 saturated carbocycles. The van der Waals surface area contributed by atoms with Crippen LogP contribution in [0.15, 0.2) is 29.3 Å². The van der Waals surface area contributed by atoms with Crippen LogP contribution in [0.3, 0.4) is 0 Å². The first-order valence-corrected chi connectivity index (χ1v) is 8.16. The highest BCUT2D eigenvalue weighted by Gasteiger charge is 2.44. The van der Waals surface area contributed by atoms with E-state index in [0.29, 0.717) is 5.41 Å². The summed E-state index contributed by atoms with van der Waals surface area (Å²) in [4.78, 5) is 6.79. The van der Waals surface area contributed by atoms with Crippen LogP contribution < -0.4 is 5.32 Å². The molecule has 1 N–H and O–H groups in total. The number of guanidine groups is 1. The quantitative estimate of drug-likeness (QED) is 0.686. The van der Waals surface area contributed by atoms with Crippen molar-refractivity contribution in [3.63, 3.8) is 0 Å². The number of rotatable bonds is 3. The number of likely N-dealkylation sites (tertiary alicyclic amines) is 1. The number of aliphatic imine (C=N–C) groups is 1. The zero-order valence-corrected chi connectivity index (χ0v) is 13.8. The third-order valence-corrected chi connectivity index (χ3v) is 5.08. The number of halogens is 1. The Morgan fingerprint density at radius 1 is 1.23 bits per heavy atom. The van der Waals surface area contributed by atoms with Crippen molar-refractivity contribution in [3.05, 3.63) is 35.6 Å². The van der Waals surface area contributed by atoms with E-state index in [0.717, 1.165) is 38.4 Å². The second-order valence-corrected chi connectivity index (χ2v) is 7.52. The van der Waals surface area contributed by atoms with Crippen LogP contribution in [-0.2, 0) is 5.41 Å². The van der Waals surface area contributed by atoms with Gasteiger partial charge in [0.25, 0.3) is 0 Å². The Bertz CT molecular complexity index is 558. The van der Waals surface area contributed by atoms with Gasteiger partial charge >= 0.3 is 0 Å². The molecule has 1 aromatic rings. The average molecular weight is 303 g/mol. The van der Waals surface area contributed by atoms with Gasteiger partial charge in [-0.05, 0) is 42.4 Å². The maximum Gasteiger partial charge on any atom is 0.193 e. The van der Waals surface area contributed by atoms with Gasteiger partial charge in [-0.2, -0.15) is 0 Å². The van der Waals surface area contributed by atoms with Crippen LogP contribution in [0.4, 0.5) is 4.39 Å². The lowest BCUT2D eigenvalue weighted by atomic mass is 9.93. The second-order valence-electron chi connectivity index (χ2n) is 7.52. The summed E-state index contributed by atoms with van der Waals surface area (Å²) in [5.41, 5.74) is 1.77. The summed E-state index contributed by atoms with van der Waals surface area (Å²) in [5, 5.41) is 3.55. The molecule has 3 nitrogen and oxygen atoms in total. The van der Waals surface area contributed by atoms with E-state index in [4.69, 9.17) is 0 Å². The van der Waals surface area contributed by atoms with E-state index in [2.05, 4.69) is 29.1 Å². The molecule has 1 saturated heterocycles. The van der Waals surface area contributed by atoms with E-state index < -0.39 is 0 Å². The first kappa shape index (κ1) is 15.3. The molecule has 1 aliphatic heterocycles. The third-order valence-electron chi connectivity index (χ3n) is 5.08. The topological polar surface area (TPSA) is 27.6 Å². The second kappa shape index (κ2) is 5.56. The maximum absolute atomic E-state index is 13.1. The molecule has 0 radical (unpaired) electrons. The van der Waals surface area contributed by atoms with Gasteiger partial charge in [0.05, 0.1) is 0 Å². The fourth-order valence-corrected chi connectivity index (χ4v) is 3.40. The summed E-state index contributed by atoms with van der Waals surface area (Å²) >= 11 is 0. The summed E-state index contributed by atoms with van der Waals surface area (Å²) in [6.07, 6.45) is 3.53. The van der Waals surface area contributed by atoms with Crippen molar-refractivity contribution in [2.45, 2.75) is 38.5 Å². The van der Waals surface area contributed by atoms with Crippen molar-refractivity contribution in [3.8, 4) is 0 Å². The van der Waals surface area contributed by atoms with E-state index >= 15 is 0 Å². The van der Waals surface area contributed by atoms with Gasteiger partial charge in [-0.15, -0.1) is 0 Å². The summed E-state index contributed by atoms with van der Waals surface area (Å²) in [7, 11) is 1.85. The highest BCUT2D eigenvalue weighted by atomic mass is 19.1. The van der Waals surface area contributed by atoms with Gasteiger partial charge in [0, 0.05) is 32.1 Å². The van der Waals surface area contributed by atoms with Crippen molar-refractivity contribution >= 4 is 5.96 Å². The molecular weight excluding hydrogens is 277 g/mol. The van der Waals surface area contributed by atoms with Crippen molar-refractivity contribution in [2.24, 2.45) is 10.4 Å². The molecule has 3 rings (SSSR count). The first-order valence-electron chi connectivity index (χ1n) is 8.16. The molecule has 2 aliphatic rings. The number of nitrogens with one attached hydrogen (secondary N) is 1. The smallest absolute Gasteiger partial charge is 0.193 e. The highest BCUT2D eigenvalue weighted by molar-refractivity contribution is 5.80. The zero-order valence-electron chi connectivity index (χ0n) is 13.8. The van der Waals surface area contributed by atoms with Crippen LogP contribution in [0.5, 0.6) is 0 Å². The Morgan fingerprint density at radius 2 is 1.91 bits per heavy atom. The Kier molecular flexibility index (Phi) is 3.87. The van der Waals surface area contributed by atoms with E-state index in [1.165, 1.54) is 12.0 Å². The van der Waals surface area contributed by atoms with Crippen molar-refractivity contribution in [1.29, 1.82) is 0 Å². The standard InChI is InChI=1S/C18H26FN3/c1-17(2)10-11-22(13-17)16(20-3)21-12-18(8-9-18)14-4-6-15(19)7-5-14/h4-7H,8-13H2,1-3H3,(H,20,21). The van der Waals surface area contributed by atoms with Gasteiger partial charge in [0.15, 0.2) is 5.96 Å². The number of nitrogens with zero attached hydrogens (tertiary/aromatic N) is 2. The molecule has 0 amide bonds. The molecule has 1 aliphatic carbocycles. The first-order chi connectivity index (χ1) is 10.4. The Balaban J connectivity index is 1.63. The van der Waals surface area contributed by atoms with Gasteiger partial charge < -0.3 is 10.2 Å². The van der Waals surface area contributed by atoms with Crippen LogP contribution >= 0.6 is 0 Å². The van der Waals surface area contributed by atoms with Gasteiger partial charge in [-0.3, -0.25) is 4.99 Å². The van der Waals surface area contributed by atoms with E-state index in [-0.39, 0.29) is 11.2 Å². The number of hydrogen-bond donors (Lipinski definition) is 1. The molecular formula is C18H26FN3. The minimum atomic E-state index is -0.164. The zero-order chi connectivity index (χ0) is 15.8. The van der Waals surface area contributed by atoms with Crippen molar-refractivity contribution in [2.75, 3.05) is 26.7 Å². The van der Waals surface area contributed by atoms with Crippen LogP contribution in [0.2, 0.25) is 0 Å². The molecule has 22 heavy (non-hydrogen) atoms. The molecule has 1 aromatic carbocycles. The lowest BCUT2D eigenvalue weighted by Gasteiger charge is -2.26. The molecule has 0 aromatic heterocycles. The van der Waals surface area contributed by atoms with Crippen molar-refractivity contribution in [1.82, 2.24) is 10.2 Å². The summed E-state index contributed by atoms with van der Waals surface area (Å²) in [5.74, 6) is 0.835. The molecule has 0 bridgehead atoms. The SMILES string of the molecule is CN=C(NCC1(c2ccc(F)cc2)CC1)N1CCC(C)(C)C1. The van der Waals surface area contributed by atoms with Crippen molar-refractivity contribution < 1.29 is 4.39 Å². The monoisotopic (exact) mass is 303 g/mol. The highest BCUT2D eigenvalue weighted by Crippen LogP contribution is 2.47. The van der Waals surface area contributed by atoms with Gasteiger partial charge in [-0.1, -0.05) is 26.0 Å². The predicted octanol–water partition coefficient (Wildman–Crippen LogP) is 3.16. The summed E-state index contributed by atoms with van der Waals surface area (Å²) in [6, 6.07) is 6.97. The van der Waals surface area contributed by atoms with Crippen LogP contribution in [0.1, 0.15) is 38.7 Å². The Hall–Kier alpha value is -1.58. The van der Waals surface area contributed by atoms with E-state index in [1.54, 1.807) is 12.1 Å². The molecule has 0 atom stereocenters. The number of hydrogen-bond acceptors (Lipinski definition) is 1. The molecule has 4 heteroatoms. The fourth-order valence-electron chi connectivity index (χ4n) is 3.40. The molecule has 2 fully saturated rings. The van der Waals surface area contributed by atoms with E-state index in [9.17, 15) is 4.39 Å². The summed E-state index contributed by atoms with van der Waals surface area (Å²) < 4.78 is 13.1. The minimum Gasteiger partial charge on any atom is -0.355 e. The minimum absolute atomic E-state index is 0.164. The largest absolute Gasteiger partial charge is 0.355 e. The van der Waals surface area contributed by atoms with Gasteiger partial charge in [0.2, 0.25) is 0 Å². The Labute approximate surface area is 132 Å². The molecule has 0 spiro atoms. The number of benzene rings is 1.